The smallest absolute Gasteiger partial charge is 0.416 e. The van der Waals surface area contributed by atoms with E-state index >= 15 is 0 Å². The molecule has 1 aliphatic rings. The zero-order chi connectivity index (χ0) is 25.9. The molecule has 1 heterocycles. The summed E-state index contributed by atoms with van der Waals surface area (Å²) in [5.41, 5.74) is -4.01. The zero-order valence-corrected chi connectivity index (χ0v) is 19.0. The lowest BCUT2D eigenvalue weighted by atomic mass is 9.90. The molecule has 2 atom stereocenters. The van der Waals surface area contributed by atoms with Crippen molar-refractivity contribution in [1.29, 1.82) is 0 Å². The second-order valence-electron chi connectivity index (χ2n) is 9.00. The molecule has 0 bridgehead atoms. The van der Waals surface area contributed by atoms with Gasteiger partial charge in [-0.2, -0.15) is 26.3 Å². The first kappa shape index (κ1) is 27.7. The first-order valence-corrected chi connectivity index (χ1v) is 10.7. The van der Waals surface area contributed by atoms with Gasteiger partial charge in [0.05, 0.1) is 23.1 Å². The van der Waals surface area contributed by atoms with Crippen LogP contribution < -0.4 is 5.32 Å². The second kappa shape index (κ2) is 10.4. The molecule has 0 spiro atoms. The third-order valence-electron chi connectivity index (χ3n) is 5.89. The van der Waals surface area contributed by atoms with Gasteiger partial charge in [0.2, 0.25) is 0 Å². The minimum Gasteiger partial charge on any atom is -0.481 e. The molecule has 0 saturated carbocycles. The van der Waals surface area contributed by atoms with E-state index in [1.807, 2.05) is 6.92 Å². The van der Waals surface area contributed by atoms with Gasteiger partial charge in [-0.15, -0.1) is 0 Å². The van der Waals surface area contributed by atoms with Gasteiger partial charge in [0.25, 0.3) is 0 Å². The average molecular weight is 498 g/mol. The molecule has 34 heavy (non-hydrogen) atoms. The van der Waals surface area contributed by atoms with Crippen LogP contribution in [0.25, 0.3) is 0 Å². The van der Waals surface area contributed by atoms with Gasteiger partial charge in [-0.05, 0) is 56.9 Å². The van der Waals surface area contributed by atoms with Crippen molar-refractivity contribution >= 4 is 12.1 Å². The minimum absolute atomic E-state index is 0.0789. The Morgan fingerprint density at radius 1 is 1.09 bits per heavy atom. The van der Waals surface area contributed by atoms with Crippen molar-refractivity contribution in [3.63, 3.8) is 0 Å². The lowest BCUT2D eigenvalue weighted by Gasteiger charge is -2.24. The van der Waals surface area contributed by atoms with Gasteiger partial charge in [0.1, 0.15) is 0 Å². The average Bonchev–Trinajstić information content (AvgIpc) is 3.14. The Labute approximate surface area is 193 Å². The van der Waals surface area contributed by atoms with Crippen molar-refractivity contribution in [2.75, 3.05) is 13.2 Å². The van der Waals surface area contributed by atoms with Gasteiger partial charge in [-0.25, -0.2) is 4.79 Å². The number of carboxylic acids is 1. The molecule has 1 fully saturated rings. The van der Waals surface area contributed by atoms with E-state index in [0.29, 0.717) is 25.0 Å². The van der Waals surface area contributed by atoms with E-state index in [4.69, 9.17) is 9.84 Å². The number of nitrogens with zero attached hydrogens (tertiary/aromatic N) is 1. The molecule has 0 aliphatic carbocycles. The number of hydrogen-bond donors (Lipinski definition) is 2. The number of likely N-dealkylation sites (tertiary alicyclic amines) is 1. The van der Waals surface area contributed by atoms with Crippen molar-refractivity contribution in [2.24, 2.45) is 5.41 Å². The first-order valence-electron chi connectivity index (χ1n) is 10.7. The maximum absolute atomic E-state index is 13.1. The fraction of sp³-hybridized carbons (Fsp3) is 0.636. The van der Waals surface area contributed by atoms with Crippen molar-refractivity contribution in [2.45, 2.75) is 71.0 Å². The number of amides is 1. The number of benzene rings is 1. The molecule has 2 rings (SSSR count). The van der Waals surface area contributed by atoms with Gasteiger partial charge in [0.15, 0.2) is 0 Å². The molecule has 6 nitrogen and oxygen atoms in total. The lowest BCUT2D eigenvalue weighted by molar-refractivity contribution is -0.148. The van der Waals surface area contributed by atoms with Gasteiger partial charge < -0.3 is 20.1 Å². The molecule has 1 aliphatic heterocycles. The molecule has 192 valence electrons. The molecule has 12 heteroatoms. The lowest BCUT2D eigenvalue weighted by Crippen LogP contribution is -2.38. The summed E-state index contributed by atoms with van der Waals surface area (Å²) in [7, 11) is 0. The monoisotopic (exact) mass is 498 g/mol. The van der Waals surface area contributed by atoms with Crippen LogP contribution in [0.5, 0.6) is 0 Å². The summed E-state index contributed by atoms with van der Waals surface area (Å²) in [6, 6.07) is 0.826. The maximum Gasteiger partial charge on any atom is 0.416 e. The number of hydrogen-bond acceptors (Lipinski definition) is 4. The fourth-order valence-electron chi connectivity index (χ4n) is 3.64. The predicted octanol–water partition coefficient (Wildman–Crippen LogP) is 5.30. The van der Waals surface area contributed by atoms with Gasteiger partial charge in [0, 0.05) is 25.2 Å². The number of carboxylic acid groups (broad SMARTS) is 1. The van der Waals surface area contributed by atoms with Gasteiger partial charge >= 0.3 is 24.4 Å². The van der Waals surface area contributed by atoms with Gasteiger partial charge in [-0.3, -0.25) is 4.79 Å². The van der Waals surface area contributed by atoms with Crippen LogP contribution in [-0.2, 0) is 28.4 Å². The number of carbonyl (C=O) groups is 2. The summed E-state index contributed by atoms with van der Waals surface area (Å²) >= 11 is 0. The zero-order valence-electron chi connectivity index (χ0n) is 19.0. The van der Waals surface area contributed by atoms with Crippen molar-refractivity contribution < 1.29 is 45.8 Å². The Hall–Kier alpha value is -2.50. The highest BCUT2D eigenvalue weighted by atomic mass is 19.4. The number of carbonyl (C=O) groups excluding carboxylic acids is 1. The normalized spacial score (nSPS) is 19.4. The third kappa shape index (κ3) is 7.25. The van der Waals surface area contributed by atoms with Crippen LogP contribution in [0.2, 0.25) is 0 Å². The van der Waals surface area contributed by atoms with Crippen LogP contribution in [-0.4, -0.2) is 47.3 Å². The molecule has 0 radical (unpaired) electrons. The standard InChI is InChI=1S/C22H28F6N2O4/c1-4-17-10-16(12-30(17)19(33)34-6-5-20(2,3)18(31)32)29-11-13-7-14(21(23,24)25)9-15(8-13)22(26,27)28/h7-9,16-17,29H,4-6,10-12H2,1-3H3,(H,31,32)/t16-,17+/m0/s1. The number of aliphatic carboxylic acids is 1. The summed E-state index contributed by atoms with van der Waals surface area (Å²) < 4.78 is 83.5. The summed E-state index contributed by atoms with van der Waals surface area (Å²) in [5.74, 6) is -1.02. The summed E-state index contributed by atoms with van der Waals surface area (Å²) in [6.45, 7) is 4.66. The van der Waals surface area contributed by atoms with E-state index in [9.17, 15) is 35.9 Å². The number of ether oxygens (including phenoxy) is 1. The maximum atomic E-state index is 13.1. The molecular weight excluding hydrogens is 470 g/mol. The Morgan fingerprint density at radius 2 is 1.65 bits per heavy atom. The van der Waals surface area contributed by atoms with Crippen LogP contribution in [0.3, 0.4) is 0 Å². The van der Waals surface area contributed by atoms with E-state index < -0.39 is 41.0 Å². The highest BCUT2D eigenvalue weighted by Crippen LogP contribution is 2.36. The molecule has 1 aromatic carbocycles. The summed E-state index contributed by atoms with van der Waals surface area (Å²) in [6.07, 6.45) is -9.38. The Kier molecular flexibility index (Phi) is 8.49. The van der Waals surface area contributed by atoms with Crippen LogP contribution in [0, 0.1) is 5.41 Å². The molecule has 0 aromatic heterocycles. The molecule has 1 saturated heterocycles. The third-order valence-corrected chi connectivity index (χ3v) is 5.89. The summed E-state index contributed by atoms with van der Waals surface area (Å²) in [5, 5.41) is 12.1. The topological polar surface area (TPSA) is 78.9 Å². The molecule has 2 N–H and O–H groups in total. The van der Waals surface area contributed by atoms with Crippen LogP contribution in [0.4, 0.5) is 31.1 Å². The van der Waals surface area contributed by atoms with E-state index in [1.54, 1.807) is 0 Å². The van der Waals surface area contributed by atoms with Crippen LogP contribution in [0.1, 0.15) is 56.7 Å². The van der Waals surface area contributed by atoms with Gasteiger partial charge in [-0.1, -0.05) is 6.92 Å². The number of rotatable bonds is 8. The van der Waals surface area contributed by atoms with E-state index in [2.05, 4.69) is 5.32 Å². The van der Waals surface area contributed by atoms with Crippen molar-refractivity contribution in [1.82, 2.24) is 10.2 Å². The molecule has 1 aromatic rings. The first-order chi connectivity index (χ1) is 15.5. The quantitative estimate of drug-likeness (QED) is 0.476. The van der Waals surface area contributed by atoms with Crippen LogP contribution in [0.15, 0.2) is 18.2 Å². The predicted molar refractivity (Wildman–Crippen MR) is 110 cm³/mol. The molecule has 1 amide bonds. The van der Waals surface area contributed by atoms with Crippen molar-refractivity contribution in [3.8, 4) is 0 Å². The Balaban J connectivity index is 2.02. The van der Waals surface area contributed by atoms with E-state index in [-0.39, 0.29) is 49.8 Å². The molecule has 0 unspecified atom stereocenters. The minimum atomic E-state index is -4.92. The highest BCUT2D eigenvalue weighted by molar-refractivity contribution is 5.73. The highest BCUT2D eigenvalue weighted by Gasteiger charge is 2.38. The second-order valence-corrected chi connectivity index (χ2v) is 9.00. The Bertz CT molecular complexity index is 853. The molecular formula is C22H28F6N2O4. The summed E-state index contributed by atoms with van der Waals surface area (Å²) in [4.78, 5) is 25.1. The number of halogens is 6. The largest absolute Gasteiger partial charge is 0.481 e. The van der Waals surface area contributed by atoms with E-state index in [1.165, 1.54) is 18.7 Å². The Morgan fingerprint density at radius 3 is 2.12 bits per heavy atom. The number of alkyl halides is 6. The van der Waals surface area contributed by atoms with Crippen LogP contribution >= 0.6 is 0 Å². The SMILES string of the molecule is CC[C@@H]1C[C@H](NCc2cc(C(F)(F)F)cc(C(F)(F)F)c2)CN1C(=O)OCCC(C)(C)C(=O)O. The van der Waals surface area contributed by atoms with E-state index in [0.717, 1.165) is 0 Å². The van der Waals surface area contributed by atoms with Crippen molar-refractivity contribution in [3.05, 3.63) is 34.9 Å². The number of nitrogens with one attached hydrogen (secondary N) is 1. The fourth-order valence-corrected chi connectivity index (χ4v) is 3.64.